The Morgan fingerprint density at radius 2 is 1.93 bits per heavy atom. The lowest BCUT2D eigenvalue weighted by atomic mass is 9.99. The standard InChI is InChI=1S/C20H15ClF3NO3/c1-11(27)25-18-9-14(21)3-4-16(18)17(19(25)10-26)7-12-5-13(20(22,23)24)8-15(6-12)28-2/h3-10,19H,1-2H3/b17-7+. The van der Waals surface area contributed by atoms with Crippen molar-refractivity contribution in [3.8, 4) is 5.75 Å². The van der Waals surface area contributed by atoms with E-state index >= 15 is 0 Å². The third kappa shape index (κ3) is 3.62. The Labute approximate surface area is 164 Å². The lowest BCUT2D eigenvalue weighted by Gasteiger charge is -2.20. The third-order valence-electron chi connectivity index (χ3n) is 4.41. The maximum absolute atomic E-state index is 13.2. The molecule has 28 heavy (non-hydrogen) atoms. The van der Waals surface area contributed by atoms with Crippen LogP contribution in [0.1, 0.15) is 23.6 Å². The molecule has 2 aromatic rings. The van der Waals surface area contributed by atoms with Crippen LogP contribution in [0.15, 0.2) is 36.4 Å². The van der Waals surface area contributed by atoms with Gasteiger partial charge in [-0.25, -0.2) is 0 Å². The summed E-state index contributed by atoms with van der Waals surface area (Å²) >= 11 is 6.02. The molecule has 1 aliphatic rings. The van der Waals surface area contributed by atoms with Gasteiger partial charge >= 0.3 is 6.18 Å². The number of halogens is 4. The van der Waals surface area contributed by atoms with Gasteiger partial charge in [0.05, 0.1) is 18.4 Å². The van der Waals surface area contributed by atoms with Gasteiger partial charge in [-0.15, -0.1) is 0 Å². The average molecular weight is 410 g/mol. The Bertz CT molecular complexity index is 985. The number of methoxy groups -OCH3 is 1. The molecule has 4 nitrogen and oxygen atoms in total. The molecule has 1 heterocycles. The number of amides is 1. The normalized spacial score (nSPS) is 17.6. The summed E-state index contributed by atoms with van der Waals surface area (Å²) in [5.41, 5.74) is 0.701. The molecule has 0 N–H and O–H groups in total. The van der Waals surface area contributed by atoms with Gasteiger partial charge in [0.15, 0.2) is 0 Å². The first-order valence-corrected chi connectivity index (χ1v) is 8.56. The van der Waals surface area contributed by atoms with Crippen molar-refractivity contribution >= 4 is 41.1 Å². The van der Waals surface area contributed by atoms with Gasteiger partial charge in [0.1, 0.15) is 18.1 Å². The quantitative estimate of drug-likeness (QED) is 0.681. The second-order valence-corrected chi connectivity index (χ2v) is 6.66. The van der Waals surface area contributed by atoms with Gasteiger partial charge in [0.2, 0.25) is 5.91 Å². The zero-order valence-electron chi connectivity index (χ0n) is 14.9. The predicted octanol–water partition coefficient (Wildman–Crippen LogP) is 4.84. The Balaban J connectivity index is 2.21. The van der Waals surface area contributed by atoms with E-state index in [4.69, 9.17) is 16.3 Å². The largest absolute Gasteiger partial charge is 0.497 e. The van der Waals surface area contributed by atoms with E-state index in [9.17, 15) is 22.8 Å². The Morgan fingerprint density at radius 1 is 1.21 bits per heavy atom. The second-order valence-electron chi connectivity index (χ2n) is 6.22. The molecule has 1 amide bonds. The number of rotatable bonds is 3. The van der Waals surface area contributed by atoms with Crippen molar-refractivity contribution in [2.24, 2.45) is 0 Å². The zero-order chi connectivity index (χ0) is 20.6. The molecule has 0 aromatic heterocycles. The maximum atomic E-state index is 13.2. The lowest BCUT2D eigenvalue weighted by Crippen LogP contribution is -2.36. The van der Waals surface area contributed by atoms with Crippen molar-refractivity contribution in [1.29, 1.82) is 0 Å². The molecule has 146 valence electrons. The van der Waals surface area contributed by atoms with Crippen LogP contribution in [0.4, 0.5) is 18.9 Å². The molecule has 0 spiro atoms. The lowest BCUT2D eigenvalue weighted by molar-refractivity contribution is -0.137. The SMILES string of the molecule is COc1cc(/C=C2\c3ccc(Cl)cc3N(C(C)=O)C2C=O)cc(C(F)(F)F)c1. The highest BCUT2D eigenvalue weighted by Crippen LogP contribution is 2.43. The first-order valence-electron chi connectivity index (χ1n) is 8.18. The van der Waals surface area contributed by atoms with Crippen LogP contribution in [-0.4, -0.2) is 25.3 Å². The molecule has 0 saturated heterocycles. The van der Waals surface area contributed by atoms with Crippen molar-refractivity contribution in [1.82, 2.24) is 0 Å². The van der Waals surface area contributed by atoms with Crippen LogP contribution in [0.5, 0.6) is 5.75 Å². The first-order chi connectivity index (χ1) is 13.2. The number of benzene rings is 2. The summed E-state index contributed by atoms with van der Waals surface area (Å²) in [6.07, 6.45) is -2.53. The van der Waals surface area contributed by atoms with Crippen molar-refractivity contribution < 1.29 is 27.5 Å². The van der Waals surface area contributed by atoms with Crippen molar-refractivity contribution in [2.45, 2.75) is 19.1 Å². The number of fused-ring (bicyclic) bond motifs is 1. The Kier molecular flexibility index (Phi) is 5.21. The Morgan fingerprint density at radius 3 is 2.50 bits per heavy atom. The fraction of sp³-hybridized carbons (Fsp3) is 0.200. The van der Waals surface area contributed by atoms with E-state index in [0.29, 0.717) is 28.1 Å². The second kappa shape index (κ2) is 7.31. The van der Waals surface area contributed by atoms with Gasteiger partial charge in [0, 0.05) is 17.5 Å². The predicted molar refractivity (Wildman–Crippen MR) is 100 cm³/mol. The van der Waals surface area contributed by atoms with Crippen LogP contribution >= 0.6 is 11.6 Å². The smallest absolute Gasteiger partial charge is 0.416 e. The van der Waals surface area contributed by atoms with E-state index < -0.39 is 17.8 Å². The molecule has 0 radical (unpaired) electrons. The molecule has 8 heteroatoms. The number of carbonyl (C=O) groups excluding carboxylic acids is 2. The molecule has 2 aromatic carbocycles. The molecule has 1 atom stereocenters. The minimum Gasteiger partial charge on any atom is -0.497 e. The molecule has 0 bridgehead atoms. The fourth-order valence-electron chi connectivity index (χ4n) is 3.23. The number of nitrogens with zero attached hydrogens (tertiary/aromatic N) is 1. The van der Waals surface area contributed by atoms with Crippen molar-refractivity contribution in [3.05, 3.63) is 58.1 Å². The zero-order valence-corrected chi connectivity index (χ0v) is 15.6. The summed E-state index contributed by atoms with van der Waals surface area (Å²) in [6.45, 7) is 1.30. The molecule has 0 saturated carbocycles. The highest BCUT2D eigenvalue weighted by atomic mass is 35.5. The number of alkyl halides is 3. The molecule has 3 rings (SSSR count). The monoisotopic (exact) mass is 409 g/mol. The number of aldehydes is 1. The first kappa shape index (κ1) is 19.9. The highest BCUT2D eigenvalue weighted by molar-refractivity contribution is 6.31. The van der Waals surface area contributed by atoms with Crippen molar-refractivity contribution in [3.63, 3.8) is 0 Å². The van der Waals surface area contributed by atoms with E-state index in [1.165, 1.54) is 31.1 Å². The highest BCUT2D eigenvalue weighted by Gasteiger charge is 2.37. The van der Waals surface area contributed by atoms with Gasteiger partial charge in [-0.05, 0) is 47.5 Å². The molecule has 0 fully saturated rings. The van der Waals surface area contributed by atoms with E-state index in [1.54, 1.807) is 18.2 Å². The number of ether oxygens (including phenoxy) is 1. The number of anilines is 1. The van der Waals surface area contributed by atoms with Crippen LogP contribution in [0.2, 0.25) is 5.02 Å². The molecule has 1 unspecified atom stereocenters. The molecular weight excluding hydrogens is 395 g/mol. The summed E-state index contributed by atoms with van der Waals surface area (Å²) in [7, 11) is 1.27. The van der Waals surface area contributed by atoms with E-state index in [0.717, 1.165) is 12.1 Å². The van der Waals surface area contributed by atoms with Gasteiger partial charge in [-0.2, -0.15) is 13.2 Å². The van der Waals surface area contributed by atoms with Crippen LogP contribution in [-0.2, 0) is 15.8 Å². The van der Waals surface area contributed by atoms with Crippen LogP contribution in [0.3, 0.4) is 0 Å². The van der Waals surface area contributed by atoms with E-state index in [2.05, 4.69) is 0 Å². The molecule has 1 aliphatic heterocycles. The summed E-state index contributed by atoms with van der Waals surface area (Å²) in [5, 5.41) is 0.372. The van der Waals surface area contributed by atoms with E-state index in [-0.39, 0.29) is 17.2 Å². The maximum Gasteiger partial charge on any atom is 0.416 e. The number of carbonyl (C=O) groups is 2. The van der Waals surface area contributed by atoms with Crippen molar-refractivity contribution in [2.75, 3.05) is 12.0 Å². The minimum absolute atomic E-state index is 0.0297. The van der Waals surface area contributed by atoms with Crippen LogP contribution in [0, 0.1) is 0 Å². The number of hydrogen-bond acceptors (Lipinski definition) is 3. The third-order valence-corrected chi connectivity index (χ3v) is 4.64. The van der Waals surface area contributed by atoms with Gasteiger partial charge in [0.25, 0.3) is 0 Å². The van der Waals surface area contributed by atoms with Gasteiger partial charge in [-0.1, -0.05) is 17.7 Å². The summed E-state index contributed by atoms with van der Waals surface area (Å²) < 4.78 is 44.5. The van der Waals surface area contributed by atoms with Gasteiger partial charge in [-0.3, -0.25) is 9.69 Å². The molecule has 0 aliphatic carbocycles. The van der Waals surface area contributed by atoms with Crippen LogP contribution in [0.25, 0.3) is 11.6 Å². The van der Waals surface area contributed by atoms with E-state index in [1.807, 2.05) is 0 Å². The number of hydrogen-bond donors (Lipinski definition) is 0. The van der Waals surface area contributed by atoms with Crippen LogP contribution < -0.4 is 9.64 Å². The summed E-state index contributed by atoms with van der Waals surface area (Å²) in [5.74, 6) is -0.354. The summed E-state index contributed by atoms with van der Waals surface area (Å²) in [4.78, 5) is 25.1. The minimum atomic E-state index is -4.56. The summed E-state index contributed by atoms with van der Waals surface area (Å²) in [6, 6.07) is 7.08. The Hall–Kier alpha value is -2.80. The topological polar surface area (TPSA) is 46.6 Å². The fourth-order valence-corrected chi connectivity index (χ4v) is 3.39. The average Bonchev–Trinajstić information content (AvgIpc) is 2.93. The molecular formula is C20H15ClF3NO3. The van der Waals surface area contributed by atoms with Gasteiger partial charge < -0.3 is 9.53 Å².